The fourth-order valence-corrected chi connectivity index (χ4v) is 1.47. The van der Waals surface area contributed by atoms with E-state index in [9.17, 15) is 14.5 Å². The van der Waals surface area contributed by atoms with Gasteiger partial charge in [0.1, 0.15) is 11.9 Å². The summed E-state index contributed by atoms with van der Waals surface area (Å²) in [6.07, 6.45) is 1.44. The molecule has 0 radical (unpaired) electrons. The molecule has 0 saturated carbocycles. The van der Waals surface area contributed by atoms with Crippen LogP contribution in [0.4, 0.5) is 10.2 Å². The number of nitriles is 1. The highest BCUT2D eigenvalue weighted by Gasteiger charge is 2.11. The van der Waals surface area contributed by atoms with Crippen molar-refractivity contribution in [2.24, 2.45) is 0 Å². The summed E-state index contributed by atoms with van der Waals surface area (Å²) < 4.78 is 14.7. The number of nitrogens with zero attached hydrogens (tertiary/aromatic N) is 4. The molecule has 7 heteroatoms. The van der Waals surface area contributed by atoms with E-state index in [0.717, 1.165) is 0 Å². The van der Waals surface area contributed by atoms with E-state index in [2.05, 4.69) is 5.10 Å². The second-order valence-corrected chi connectivity index (χ2v) is 3.55. The van der Waals surface area contributed by atoms with Gasteiger partial charge in [0.05, 0.1) is 29.5 Å². The highest BCUT2D eigenvalue weighted by atomic mass is 19.1. The second kappa shape index (κ2) is 4.63. The van der Waals surface area contributed by atoms with Crippen molar-refractivity contribution < 1.29 is 9.31 Å². The van der Waals surface area contributed by atoms with Crippen molar-refractivity contribution in [2.75, 3.05) is 0 Å². The van der Waals surface area contributed by atoms with E-state index in [4.69, 9.17) is 5.26 Å². The number of hydrogen-bond donors (Lipinski definition) is 0. The van der Waals surface area contributed by atoms with Gasteiger partial charge in [-0.1, -0.05) is 6.07 Å². The highest BCUT2D eigenvalue weighted by Crippen LogP contribution is 2.12. The van der Waals surface area contributed by atoms with Crippen LogP contribution in [0.15, 0.2) is 30.5 Å². The van der Waals surface area contributed by atoms with Crippen molar-refractivity contribution in [2.45, 2.75) is 6.54 Å². The predicted molar refractivity (Wildman–Crippen MR) is 59.1 cm³/mol. The summed E-state index contributed by atoms with van der Waals surface area (Å²) >= 11 is 0. The van der Waals surface area contributed by atoms with Gasteiger partial charge in [0.25, 0.3) is 0 Å². The first-order valence-corrected chi connectivity index (χ1v) is 4.96. The maximum atomic E-state index is 13.3. The molecule has 0 atom stereocenters. The molecule has 0 aliphatic rings. The summed E-state index contributed by atoms with van der Waals surface area (Å²) in [6.45, 7) is 0.205. The lowest BCUT2D eigenvalue weighted by Gasteiger charge is -1.99. The van der Waals surface area contributed by atoms with Crippen LogP contribution < -0.4 is 0 Å². The van der Waals surface area contributed by atoms with Gasteiger partial charge in [0.15, 0.2) is 0 Å². The first kappa shape index (κ1) is 11.7. The van der Waals surface area contributed by atoms with E-state index in [1.54, 1.807) is 12.1 Å². The van der Waals surface area contributed by atoms with Crippen molar-refractivity contribution in [3.63, 3.8) is 0 Å². The van der Waals surface area contributed by atoms with Crippen LogP contribution in [0.5, 0.6) is 0 Å². The quantitative estimate of drug-likeness (QED) is 0.611. The second-order valence-electron chi connectivity index (χ2n) is 3.55. The summed E-state index contributed by atoms with van der Waals surface area (Å²) in [5, 5.41) is 22.7. The lowest BCUT2D eigenvalue weighted by molar-refractivity contribution is -0.389. The fraction of sp³-hybridized carbons (Fsp3) is 0.0909. The average Bonchev–Trinajstić information content (AvgIpc) is 2.78. The summed E-state index contributed by atoms with van der Waals surface area (Å²) in [6, 6.07) is 7.14. The number of halogens is 1. The minimum atomic E-state index is -0.614. The highest BCUT2D eigenvalue weighted by molar-refractivity contribution is 5.33. The first-order chi connectivity index (χ1) is 8.60. The van der Waals surface area contributed by atoms with Gasteiger partial charge in [-0.25, -0.2) is 4.39 Å². The zero-order valence-electron chi connectivity index (χ0n) is 9.08. The molecule has 0 amide bonds. The van der Waals surface area contributed by atoms with E-state index in [1.165, 1.54) is 29.1 Å². The monoisotopic (exact) mass is 246 g/mol. The molecule has 1 heterocycles. The third kappa shape index (κ3) is 2.32. The Bertz CT molecular complexity index is 645. The number of aromatic nitrogens is 2. The van der Waals surface area contributed by atoms with Crippen LogP contribution in [-0.2, 0) is 6.54 Å². The molecule has 2 aromatic rings. The number of nitro groups is 1. The smallest absolute Gasteiger partial charge is 0.358 e. The van der Waals surface area contributed by atoms with E-state index in [1.807, 2.05) is 0 Å². The van der Waals surface area contributed by atoms with Crippen LogP contribution >= 0.6 is 0 Å². The Morgan fingerprint density at radius 1 is 1.50 bits per heavy atom. The SMILES string of the molecule is N#Cc1ccc(Cn2ccc([N+](=O)[O-])n2)cc1F. The van der Waals surface area contributed by atoms with E-state index >= 15 is 0 Å². The molecule has 6 nitrogen and oxygen atoms in total. The third-order valence-electron chi connectivity index (χ3n) is 2.31. The maximum Gasteiger partial charge on any atom is 0.389 e. The van der Waals surface area contributed by atoms with Crippen LogP contribution in [0.3, 0.4) is 0 Å². The molecule has 0 aliphatic heterocycles. The van der Waals surface area contributed by atoms with Crippen LogP contribution in [0.1, 0.15) is 11.1 Å². The van der Waals surface area contributed by atoms with E-state index < -0.39 is 10.7 Å². The van der Waals surface area contributed by atoms with Crippen molar-refractivity contribution in [1.82, 2.24) is 9.78 Å². The Balaban J connectivity index is 2.21. The predicted octanol–water partition coefficient (Wildman–Crippen LogP) is 1.85. The fourth-order valence-electron chi connectivity index (χ4n) is 1.47. The normalized spacial score (nSPS) is 10.0. The zero-order valence-corrected chi connectivity index (χ0v) is 9.08. The lowest BCUT2D eigenvalue weighted by Crippen LogP contribution is -2.02. The lowest BCUT2D eigenvalue weighted by atomic mass is 10.1. The minimum absolute atomic E-state index is 0.0369. The Morgan fingerprint density at radius 2 is 2.28 bits per heavy atom. The van der Waals surface area contributed by atoms with E-state index in [0.29, 0.717) is 5.56 Å². The zero-order chi connectivity index (χ0) is 13.1. The van der Waals surface area contributed by atoms with Crippen LogP contribution in [0.2, 0.25) is 0 Å². The van der Waals surface area contributed by atoms with Crippen molar-refractivity contribution in [3.05, 3.63) is 57.5 Å². The first-order valence-electron chi connectivity index (χ1n) is 4.96. The van der Waals surface area contributed by atoms with Gasteiger partial charge < -0.3 is 10.1 Å². The molecular weight excluding hydrogens is 239 g/mol. The molecule has 1 aromatic heterocycles. The molecule has 0 aliphatic carbocycles. The van der Waals surface area contributed by atoms with Gasteiger partial charge in [-0.2, -0.15) is 9.94 Å². The molecule has 90 valence electrons. The largest absolute Gasteiger partial charge is 0.389 e. The molecule has 2 rings (SSSR count). The Labute approximate surface area is 101 Å². The molecule has 0 N–H and O–H groups in total. The maximum absolute atomic E-state index is 13.3. The number of hydrogen-bond acceptors (Lipinski definition) is 4. The van der Waals surface area contributed by atoms with Crippen molar-refractivity contribution >= 4 is 5.82 Å². The van der Waals surface area contributed by atoms with Gasteiger partial charge in [0.2, 0.25) is 0 Å². The molecule has 18 heavy (non-hydrogen) atoms. The molecule has 0 saturated heterocycles. The van der Waals surface area contributed by atoms with Gasteiger partial charge in [-0.15, -0.1) is 0 Å². The Hall–Kier alpha value is -2.75. The molecular formula is C11H7FN4O2. The topological polar surface area (TPSA) is 84.8 Å². The van der Waals surface area contributed by atoms with E-state index in [-0.39, 0.29) is 17.9 Å². The Morgan fingerprint density at radius 3 is 2.83 bits per heavy atom. The van der Waals surface area contributed by atoms with Crippen LogP contribution in [0, 0.1) is 27.3 Å². The van der Waals surface area contributed by atoms with Crippen LogP contribution in [0.25, 0.3) is 0 Å². The molecule has 0 fully saturated rings. The van der Waals surface area contributed by atoms with Crippen molar-refractivity contribution in [3.8, 4) is 6.07 Å². The molecule has 0 unspecified atom stereocenters. The summed E-state index contributed by atoms with van der Waals surface area (Å²) in [5.74, 6) is -0.874. The summed E-state index contributed by atoms with van der Waals surface area (Å²) in [5.41, 5.74) is 0.537. The summed E-state index contributed by atoms with van der Waals surface area (Å²) in [7, 11) is 0. The van der Waals surface area contributed by atoms with Crippen molar-refractivity contribution in [1.29, 1.82) is 5.26 Å². The van der Waals surface area contributed by atoms with Gasteiger partial charge in [0, 0.05) is 0 Å². The van der Waals surface area contributed by atoms with Gasteiger partial charge in [-0.05, 0) is 22.6 Å². The standard InChI is InChI=1S/C11H7FN4O2/c12-10-5-8(1-2-9(10)6-13)7-15-4-3-11(14-15)16(17)18/h1-5H,7H2. The summed E-state index contributed by atoms with van der Waals surface area (Å²) in [4.78, 5) is 9.84. The molecule has 0 bridgehead atoms. The Kier molecular flexibility index (Phi) is 3.02. The van der Waals surface area contributed by atoms with Gasteiger partial charge in [-0.3, -0.25) is 0 Å². The number of benzene rings is 1. The van der Waals surface area contributed by atoms with Crippen LogP contribution in [-0.4, -0.2) is 14.7 Å². The van der Waals surface area contributed by atoms with Gasteiger partial charge >= 0.3 is 5.82 Å². The molecule has 0 spiro atoms. The average molecular weight is 246 g/mol. The number of rotatable bonds is 3. The third-order valence-corrected chi connectivity index (χ3v) is 2.31. The molecule has 1 aromatic carbocycles. The minimum Gasteiger partial charge on any atom is -0.358 e.